The summed E-state index contributed by atoms with van der Waals surface area (Å²) in [4.78, 5) is 4.81. The summed E-state index contributed by atoms with van der Waals surface area (Å²) in [6.45, 7) is 24.5. The van der Waals surface area contributed by atoms with Crippen LogP contribution in [0.3, 0.4) is 0 Å². The second kappa shape index (κ2) is 8.06. The lowest BCUT2D eigenvalue weighted by molar-refractivity contribution is 0.378. The summed E-state index contributed by atoms with van der Waals surface area (Å²) in [5.41, 5.74) is 3.77. The minimum atomic E-state index is -2.09. The first-order valence-electron chi connectivity index (χ1n) is 11.4. The minimum Gasteiger partial charge on any atom is -0.530 e. The molecule has 2 aromatic heterocycles. The van der Waals surface area contributed by atoms with Crippen molar-refractivity contribution in [2.24, 2.45) is 0 Å². The third-order valence-corrected chi connectivity index (χ3v) is 15.9. The maximum Gasteiger partial charge on any atom is 0.274 e. The average molecular weight is 470 g/mol. The first kappa shape index (κ1) is 24.6. The van der Waals surface area contributed by atoms with E-state index in [1.165, 1.54) is 0 Å². The van der Waals surface area contributed by atoms with E-state index in [1.54, 1.807) is 0 Å². The van der Waals surface area contributed by atoms with Crippen LogP contribution in [0.25, 0.3) is 22.1 Å². The van der Waals surface area contributed by atoms with E-state index in [0.717, 1.165) is 27.7 Å². The van der Waals surface area contributed by atoms with Crippen LogP contribution in [0, 0.1) is 6.92 Å². The maximum absolute atomic E-state index is 6.69. The number of hydrogen-bond donors (Lipinski definition) is 0. The molecular formula is C26H39NO3Si2. The molecule has 0 aliphatic carbocycles. The van der Waals surface area contributed by atoms with Crippen LogP contribution >= 0.6 is 0 Å². The molecule has 3 rings (SSSR count). The molecule has 0 unspecified atom stereocenters. The summed E-state index contributed by atoms with van der Waals surface area (Å²) in [6, 6.07) is 10.2. The van der Waals surface area contributed by atoms with E-state index in [9.17, 15) is 0 Å². The number of furan rings is 1. The summed E-state index contributed by atoms with van der Waals surface area (Å²) in [6.07, 6.45) is 1.87. The number of pyridine rings is 1. The highest BCUT2D eigenvalue weighted by atomic mass is 28.4. The highest BCUT2D eigenvalue weighted by Crippen LogP contribution is 2.46. The van der Waals surface area contributed by atoms with Crippen LogP contribution in [-0.2, 0) is 0 Å². The van der Waals surface area contributed by atoms with Crippen LogP contribution < -0.4 is 8.85 Å². The molecule has 0 atom stereocenters. The summed E-state index contributed by atoms with van der Waals surface area (Å²) >= 11 is 0. The van der Waals surface area contributed by atoms with Gasteiger partial charge in [0, 0.05) is 17.3 Å². The fourth-order valence-corrected chi connectivity index (χ4v) is 4.87. The molecule has 4 nitrogen and oxygen atoms in total. The molecule has 3 aromatic rings. The summed E-state index contributed by atoms with van der Waals surface area (Å²) in [5.74, 6) is 1.24. The highest BCUT2D eigenvalue weighted by molar-refractivity contribution is 6.75. The Morgan fingerprint density at radius 3 is 1.88 bits per heavy atom. The van der Waals surface area contributed by atoms with Crippen LogP contribution in [0.15, 0.2) is 40.9 Å². The second-order valence-electron chi connectivity index (χ2n) is 11.8. The standard InChI is InChI=1S/C26H39NO3Si2/c1-18-21-22(28-24(18)30-32(10,11)26(5,6)7)20(19-15-13-12-14-16-19)17-27-23(21)29-31(8,9)25(2,3)4/h12-17H,1-11H3. The molecule has 0 N–H and O–H groups in total. The molecule has 0 saturated heterocycles. The Morgan fingerprint density at radius 2 is 1.34 bits per heavy atom. The van der Waals surface area contributed by atoms with Gasteiger partial charge in [0.1, 0.15) is 0 Å². The van der Waals surface area contributed by atoms with E-state index in [4.69, 9.17) is 18.3 Å². The number of fused-ring (bicyclic) bond motifs is 1. The van der Waals surface area contributed by atoms with Crippen LogP contribution in [0.4, 0.5) is 0 Å². The Hall–Kier alpha value is -2.06. The smallest absolute Gasteiger partial charge is 0.274 e. The zero-order valence-corrected chi connectivity index (χ0v) is 23.6. The van der Waals surface area contributed by atoms with Gasteiger partial charge in [0.25, 0.3) is 22.6 Å². The minimum absolute atomic E-state index is 0.0667. The molecule has 2 heterocycles. The zero-order chi connectivity index (χ0) is 24.1. The average Bonchev–Trinajstić information content (AvgIpc) is 2.97. The Labute approximate surface area is 195 Å². The van der Waals surface area contributed by atoms with Gasteiger partial charge in [0.2, 0.25) is 5.88 Å². The van der Waals surface area contributed by atoms with Crippen molar-refractivity contribution in [1.82, 2.24) is 4.98 Å². The molecule has 0 amide bonds. The lowest BCUT2D eigenvalue weighted by Crippen LogP contribution is -2.44. The first-order chi connectivity index (χ1) is 14.6. The quantitative estimate of drug-likeness (QED) is 0.351. The predicted molar refractivity (Wildman–Crippen MR) is 140 cm³/mol. The van der Waals surface area contributed by atoms with Gasteiger partial charge in [0.15, 0.2) is 5.58 Å². The van der Waals surface area contributed by atoms with Gasteiger partial charge < -0.3 is 13.3 Å². The third kappa shape index (κ3) is 4.53. The summed E-state index contributed by atoms with van der Waals surface area (Å²) in [5, 5.41) is 1.06. The molecule has 0 fully saturated rings. The predicted octanol–water partition coefficient (Wildman–Crippen LogP) is 8.57. The van der Waals surface area contributed by atoms with Crippen molar-refractivity contribution < 1.29 is 13.3 Å². The highest BCUT2D eigenvalue weighted by Gasteiger charge is 2.42. The second-order valence-corrected chi connectivity index (χ2v) is 21.2. The number of rotatable bonds is 5. The topological polar surface area (TPSA) is 44.5 Å². The Bertz CT molecular complexity index is 1100. The van der Waals surface area contributed by atoms with Gasteiger partial charge in [-0.3, -0.25) is 0 Å². The molecule has 0 radical (unpaired) electrons. The number of nitrogens with zero attached hydrogens (tertiary/aromatic N) is 1. The van der Waals surface area contributed by atoms with E-state index >= 15 is 0 Å². The Morgan fingerprint density at radius 1 is 0.812 bits per heavy atom. The zero-order valence-electron chi connectivity index (χ0n) is 21.6. The van der Waals surface area contributed by atoms with Crippen LogP contribution in [-0.4, -0.2) is 21.6 Å². The van der Waals surface area contributed by atoms with Gasteiger partial charge in [-0.1, -0.05) is 71.9 Å². The van der Waals surface area contributed by atoms with Crippen LogP contribution in [0.2, 0.25) is 36.3 Å². The molecule has 6 heteroatoms. The van der Waals surface area contributed by atoms with E-state index in [0.29, 0.717) is 11.8 Å². The van der Waals surface area contributed by atoms with E-state index in [1.807, 2.05) is 24.4 Å². The summed E-state index contributed by atoms with van der Waals surface area (Å²) < 4.78 is 19.8. The summed E-state index contributed by atoms with van der Waals surface area (Å²) in [7, 11) is -4.16. The lowest BCUT2D eigenvalue weighted by Gasteiger charge is -2.36. The Kier molecular flexibility index (Phi) is 6.19. The normalized spacial score (nSPS) is 13.5. The van der Waals surface area contributed by atoms with E-state index in [2.05, 4.69) is 86.8 Å². The van der Waals surface area contributed by atoms with Crippen molar-refractivity contribution >= 4 is 27.6 Å². The molecular weight excluding hydrogens is 430 g/mol. The molecule has 0 spiro atoms. The first-order valence-corrected chi connectivity index (χ1v) is 17.2. The van der Waals surface area contributed by atoms with Gasteiger partial charge in [0.05, 0.1) is 5.39 Å². The van der Waals surface area contributed by atoms with Crippen molar-refractivity contribution in [1.29, 1.82) is 0 Å². The monoisotopic (exact) mass is 469 g/mol. The molecule has 0 saturated carbocycles. The van der Waals surface area contributed by atoms with Gasteiger partial charge in [-0.2, -0.15) is 0 Å². The van der Waals surface area contributed by atoms with E-state index in [-0.39, 0.29) is 10.1 Å². The molecule has 32 heavy (non-hydrogen) atoms. The number of aryl methyl sites for hydroxylation is 1. The third-order valence-electron chi connectivity index (χ3n) is 7.27. The molecule has 174 valence electrons. The van der Waals surface area contributed by atoms with Crippen molar-refractivity contribution in [3.8, 4) is 23.0 Å². The number of hydrogen-bond acceptors (Lipinski definition) is 4. The number of aromatic nitrogens is 1. The molecule has 0 bridgehead atoms. The van der Waals surface area contributed by atoms with Gasteiger partial charge in [-0.05, 0) is 48.8 Å². The van der Waals surface area contributed by atoms with Crippen molar-refractivity contribution in [2.45, 2.75) is 84.7 Å². The fraction of sp³-hybridized carbons (Fsp3) is 0.500. The molecule has 1 aromatic carbocycles. The molecule has 0 aliphatic rings. The fourth-order valence-electron chi connectivity index (χ4n) is 2.96. The van der Waals surface area contributed by atoms with Gasteiger partial charge >= 0.3 is 0 Å². The van der Waals surface area contributed by atoms with Gasteiger partial charge in [-0.15, -0.1) is 0 Å². The van der Waals surface area contributed by atoms with Gasteiger partial charge in [-0.25, -0.2) is 4.98 Å². The Balaban J connectivity index is 2.24. The van der Waals surface area contributed by atoms with E-state index < -0.39 is 16.6 Å². The van der Waals surface area contributed by atoms with Crippen molar-refractivity contribution in [2.75, 3.05) is 0 Å². The molecule has 0 aliphatic heterocycles. The van der Waals surface area contributed by atoms with Crippen molar-refractivity contribution in [3.05, 3.63) is 42.1 Å². The SMILES string of the molecule is Cc1c(O[Si](C)(C)C(C)(C)C)oc2c(-c3ccccc3)cnc(O[Si](C)(C)C(C)(C)C)c12. The van der Waals surface area contributed by atoms with Crippen molar-refractivity contribution in [3.63, 3.8) is 0 Å². The number of benzene rings is 1. The lowest BCUT2D eigenvalue weighted by atomic mass is 10.1. The maximum atomic E-state index is 6.69. The van der Waals surface area contributed by atoms with Crippen LogP contribution in [0.1, 0.15) is 47.1 Å². The largest absolute Gasteiger partial charge is 0.530 e. The van der Waals surface area contributed by atoms with Crippen LogP contribution in [0.5, 0.6) is 11.8 Å².